The first-order valence-electron chi connectivity index (χ1n) is 3.14. The van der Waals surface area contributed by atoms with Crippen molar-refractivity contribution in [2.45, 2.75) is 19.4 Å². The lowest BCUT2D eigenvalue weighted by Crippen LogP contribution is -2.26. The maximum absolute atomic E-state index is 10.2. The Morgan fingerprint density at radius 3 is 2.00 bits per heavy atom. The van der Waals surface area contributed by atoms with E-state index < -0.39 is 24.5 Å². The average molecular weight is 198 g/mol. The van der Waals surface area contributed by atoms with Crippen LogP contribution in [0.5, 0.6) is 0 Å². The summed E-state index contributed by atoms with van der Waals surface area (Å²) < 4.78 is 4.63. The molecule has 0 saturated heterocycles. The molecule has 0 rings (SSSR count). The highest BCUT2D eigenvalue weighted by Gasteiger charge is 2.20. The first-order valence-corrected chi connectivity index (χ1v) is 3.14. The van der Waals surface area contributed by atoms with Crippen LogP contribution in [0, 0.1) is 0 Å². The van der Waals surface area contributed by atoms with E-state index in [1.54, 1.807) is 6.92 Å². The van der Waals surface area contributed by atoms with E-state index in [1.165, 1.54) is 0 Å². The molecule has 0 aliphatic rings. The summed E-state index contributed by atoms with van der Waals surface area (Å²) in [4.78, 5) is 20.3. The fourth-order valence-corrected chi connectivity index (χ4v) is 0.577. The van der Waals surface area contributed by atoms with Crippen LogP contribution in [-0.4, -0.2) is 34.9 Å². The van der Waals surface area contributed by atoms with Crippen molar-refractivity contribution in [3.63, 3.8) is 0 Å². The maximum Gasteiger partial charge on any atom is 0.333 e. The van der Waals surface area contributed by atoms with Gasteiger partial charge in [-0.15, -0.1) is 0 Å². The molecule has 0 amide bonds. The third-order valence-corrected chi connectivity index (χ3v) is 1.00. The fraction of sp³-hybridized carbons (Fsp3) is 0.667. The zero-order valence-electron chi connectivity index (χ0n) is 8.11. The van der Waals surface area contributed by atoms with Gasteiger partial charge in [-0.05, 0) is 6.92 Å². The zero-order chi connectivity index (χ0) is 8.85. The van der Waals surface area contributed by atoms with Crippen LogP contribution < -0.4 is 12.3 Å². The molecule has 7 heteroatoms. The molecule has 80 valence electrons. The second-order valence-corrected chi connectivity index (χ2v) is 1.88. The van der Waals surface area contributed by atoms with Gasteiger partial charge in [0.05, 0.1) is 6.42 Å². The van der Waals surface area contributed by atoms with Crippen LogP contribution in [0.4, 0.5) is 0 Å². The lowest BCUT2D eigenvalue weighted by Gasteiger charge is -2.08. The van der Waals surface area contributed by atoms with Gasteiger partial charge in [-0.1, -0.05) is 0 Å². The number of aliphatic carboxylic acids is 2. The molecule has 0 bridgehead atoms. The summed E-state index contributed by atoms with van der Waals surface area (Å²) in [7, 11) is 0. The molecule has 10 N–H and O–H groups in total. The van der Waals surface area contributed by atoms with E-state index in [0.29, 0.717) is 0 Å². The van der Waals surface area contributed by atoms with E-state index in [-0.39, 0.29) is 18.9 Å². The third kappa shape index (κ3) is 8.73. The van der Waals surface area contributed by atoms with Crippen LogP contribution in [0.3, 0.4) is 0 Å². The van der Waals surface area contributed by atoms with E-state index in [9.17, 15) is 9.59 Å². The average Bonchev–Trinajstić information content (AvgIpc) is 1.86. The van der Waals surface area contributed by atoms with Gasteiger partial charge in [-0.3, -0.25) is 4.79 Å². The quantitative estimate of drug-likeness (QED) is 0.511. The molecule has 0 radical (unpaired) electrons. The minimum Gasteiger partial charge on any atom is -0.481 e. The van der Waals surface area contributed by atoms with E-state index >= 15 is 0 Å². The molecule has 0 saturated carbocycles. The van der Waals surface area contributed by atoms with Gasteiger partial charge in [0, 0.05) is 6.61 Å². The number of rotatable bonds is 5. The molecule has 0 aromatic rings. The van der Waals surface area contributed by atoms with Crippen LogP contribution in [0.1, 0.15) is 13.3 Å². The van der Waals surface area contributed by atoms with Gasteiger partial charge in [-0.25, -0.2) is 4.79 Å². The highest BCUT2D eigenvalue weighted by atomic mass is 16.5. The molecule has 0 spiro atoms. The summed E-state index contributed by atoms with van der Waals surface area (Å²) in [5, 5.41) is 16.6. The number of carboxylic acids is 2. The molecule has 1 atom stereocenters. The fourth-order valence-electron chi connectivity index (χ4n) is 0.577. The SMILES string of the molecule is CCO[C@@H](CC(=O)O)C(=O)O.[NH4+].[NH4+]. The topological polar surface area (TPSA) is 157 Å². The van der Waals surface area contributed by atoms with Crippen molar-refractivity contribution in [3.8, 4) is 0 Å². The molecule has 13 heavy (non-hydrogen) atoms. The van der Waals surface area contributed by atoms with E-state index in [4.69, 9.17) is 10.2 Å². The Hall–Kier alpha value is -1.18. The van der Waals surface area contributed by atoms with Gasteiger partial charge in [0.25, 0.3) is 0 Å². The molecule has 7 nitrogen and oxygen atoms in total. The molecule has 0 aliphatic carbocycles. The summed E-state index contributed by atoms with van der Waals surface area (Å²) in [5.74, 6) is -2.42. The summed E-state index contributed by atoms with van der Waals surface area (Å²) >= 11 is 0. The summed E-state index contributed by atoms with van der Waals surface area (Å²) in [6, 6.07) is 0. The van der Waals surface area contributed by atoms with Gasteiger partial charge >= 0.3 is 11.9 Å². The Morgan fingerprint density at radius 1 is 1.31 bits per heavy atom. The monoisotopic (exact) mass is 198 g/mol. The molecule has 0 aliphatic heterocycles. The molecule has 0 unspecified atom stereocenters. The number of hydrogen-bond acceptors (Lipinski definition) is 3. The predicted molar refractivity (Wildman–Crippen MR) is 47.3 cm³/mol. The minimum absolute atomic E-state index is 0. The highest BCUT2D eigenvalue weighted by Crippen LogP contribution is 1.98. The van der Waals surface area contributed by atoms with E-state index in [1.807, 2.05) is 0 Å². The van der Waals surface area contributed by atoms with Crippen molar-refractivity contribution in [1.82, 2.24) is 12.3 Å². The second-order valence-electron chi connectivity index (χ2n) is 1.88. The zero-order valence-corrected chi connectivity index (χ0v) is 8.11. The summed E-state index contributed by atoms with van der Waals surface area (Å²) in [5.41, 5.74) is 0. The van der Waals surface area contributed by atoms with E-state index in [0.717, 1.165) is 0 Å². The lowest BCUT2D eigenvalue weighted by atomic mass is 10.2. The van der Waals surface area contributed by atoms with Gasteiger partial charge in [-0.2, -0.15) is 0 Å². The Balaban J connectivity index is -0.000000500. The Kier molecular flexibility index (Phi) is 12.2. The van der Waals surface area contributed by atoms with Gasteiger partial charge in [0.1, 0.15) is 0 Å². The summed E-state index contributed by atoms with van der Waals surface area (Å²) in [6.45, 7) is 1.81. The van der Waals surface area contributed by atoms with Gasteiger partial charge in [0.2, 0.25) is 0 Å². The molecular formula is C6H18N2O5+2. The first-order chi connectivity index (χ1) is 5.07. The standard InChI is InChI=1S/C6H10O5.2H3N/c1-2-11-4(6(9)10)3-5(7)8;;/h4H,2-3H2,1H3,(H,7,8)(H,9,10);2*1H3/p+2/t4-;;/m0../s1. The Bertz CT molecular complexity index is 161. The molecule has 0 aromatic carbocycles. The Morgan fingerprint density at radius 2 is 1.77 bits per heavy atom. The van der Waals surface area contributed by atoms with Crippen molar-refractivity contribution in [1.29, 1.82) is 0 Å². The number of carbonyl (C=O) groups is 2. The maximum atomic E-state index is 10.2. The van der Waals surface area contributed by atoms with Crippen LogP contribution in [0.15, 0.2) is 0 Å². The number of hydrogen-bond donors (Lipinski definition) is 4. The van der Waals surface area contributed by atoms with Crippen molar-refractivity contribution in [2.75, 3.05) is 6.61 Å². The smallest absolute Gasteiger partial charge is 0.333 e. The van der Waals surface area contributed by atoms with Crippen LogP contribution in [-0.2, 0) is 14.3 Å². The third-order valence-electron chi connectivity index (χ3n) is 1.00. The molecule has 0 fully saturated rings. The van der Waals surface area contributed by atoms with Crippen LogP contribution >= 0.6 is 0 Å². The largest absolute Gasteiger partial charge is 0.481 e. The first kappa shape index (κ1) is 17.8. The molecule has 0 heterocycles. The predicted octanol–water partition coefficient (Wildman–Crippen LogP) is 0.703. The minimum atomic E-state index is -1.24. The number of quaternary nitrogens is 2. The molecule has 0 aromatic heterocycles. The van der Waals surface area contributed by atoms with Gasteiger partial charge < -0.3 is 27.3 Å². The van der Waals surface area contributed by atoms with E-state index in [2.05, 4.69) is 4.74 Å². The van der Waals surface area contributed by atoms with Gasteiger partial charge in [0.15, 0.2) is 6.10 Å². The van der Waals surface area contributed by atoms with Crippen molar-refractivity contribution < 1.29 is 24.5 Å². The molecular weight excluding hydrogens is 180 g/mol. The summed E-state index contributed by atoms with van der Waals surface area (Å²) in [6.07, 6.45) is -1.72. The lowest BCUT2D eigenvalue weighted by molar-refractivity contribution is -0.156. The number of ether oxygens (including phenoxy) is 1. The number of carboxylic acid groups (broad SMARTS) is 2. The van der Waals surface area contributed by atoms with Crippen LogP contribution in [0.2, 0.25) is 0 Å². The van der Waals surface area contributed by atoms with Crippen LogP contribution in [0.25, 0.3) is 0 Å². The second kappa shape index (κ2) is 8.91. The Labute approximate surface area is 75.9 Å². The van der Waals surface area contributed by atoms with Crippen molar-refractivity contribution in [3.05, 3.63) is 0 Å². The van der Waals surface area contributed by atoms with Crippen molar-refractivity contribution >= 4 is 11.9 Å². The highest BCUT2D eigenvalue weighted by molar-refractivity contribution is 5.79. The normalized spacial score (nSPS) is 10.5. The van der Waals surface area contributed by atoms with Crippen molar-refractivity contribution in [2.24, 2.45) is 0 Å².